The molecule has 1 aromatic carbocycles. The topological polar surface area (TPSA) is 59.0 Å². The molecule has 0 N–H and O–H groups in total. The van der Waals surface area contributed by atoms with E-state index in [0.717, 1.165) is 54.6 Å². The quantitative estimate of drug-likeness (QED) is 0.672. The van der Waals surface area contributed by atoms with Crippen LogP contribution in [0.2, 0.25) is 0 Å². The first kappa shape index (κ1) is 16.4. The number of rotatable bonds is 4. The Morgan fingerprint density at radius 1 is 0.962 bits per heavy atom. The van der Waals surface area contributed by atoms with Gasteiger partial charge in [0, 0.05) is 24.5 Å². The van der Waals surface area contributed by atoms with E-state index in [1.807, 2.05) is 36.4 Å². The van der Waals surface area contributed by atoms with Gasteiger partial charge in [0.1, 0.15) is 11.5 Å². The Bertz CT molecular complexity index is 990. The Hall–Kier alpha value is -3.08. The van der Waals surface area contributed by atoms with Gasteiger partial charge in [-0.2, -0.15) is 0 Å². The van der Waals surface area contributed by atoms with Crippen molar-refractivity contribution in [2.24, 2.45) is 0 Å². The Morgan fingerprint density at radius 2 is 1.77 bits per heavy atom. The van der Waals surface area contributed by atoms with Crippen molar-refractivity contribution in [3.05, 3.63) is 59.2 Å². The van der Waals surface area contributed by atoms with Crippen LogP contribution in [0.1, 0.15) is 40.4 Å². The van der Waals surface area contributed by atoms with E-state index in [-0.39, 0.29) is 0 Å². The molecule has 0 aliphatic carbocycles. The van der Waals surface area contributed by atoms with Crippen molar-refractivity contribution in [1.82, 2.24) is 15.0 Å². The summed E-state index contributed by atoms with van der Waals surface area (Å²) in [5, 5.41) is 1.15. The third-order valence-electron chi connectivity index (χ3n) is 4.65. The van der Waals surface area contributed by atoms with Crippen LogP contribution >= 0.6 is 0 Å². The molecule has 1 aliphatic rings. The summed E-state index contributed by atoms with van der Waals surface area (Å²) >= 11 is 0. The molecular formula is C21H20N4O. The molecule has 0 amide bonds. The van der Waals surface area contributed by atoms with Crippen LogP contribution in [0.25, 0.3) is 23.1 Å². The summed E-state index contributed by atoms with van der Waals surface area (Å²) < 4.78 is 0. The zero-order chi connectivity index (χ0) is 17.9. The van der Waals surface area contributed by atoms with E-state index in [1.165, 1.54) is 5.56 Å². The molecule has 0 atom stereocenters. The molecule has 3 aromatic rings. The molecular weight excluding hydrogens is 324 g/mol. The number of aromatic nitrogens is 3. The van der Waals surface area contributed by atoms with Gasteiger partial charge in [0.05, 0.1) is 11.2 Å². The van der Waals surface area contributed by atoms with Gasteiger partial charge in [-0.05, 0) is 49.6 Å². The van der Waals surface area contributed by atoms with Crippen molar-refractivity contribution in [1.29, 1.82) is 0 Å². The number of aryl methyl sites for hydroxylation is 1. The first-order valence-corrected chi connectivity index (χ1v) is 8.86. The molecule has 0 radical (unpaired) electrons. The highest BCUT2D eigenvalue weighted by Gasteiger charge is 2.15. The molecule has 2 aromatic heterocycles. The fraction of sp³-hybridized carbons (Fsp3) is 0.238. The van der Waals surface area contributed by atoms with Crippen molar-refractivity contribution in [2.75, 3.05) is 18.0 Å². The van der Waals surface area contributed by atoms with E-state index in [1.54, 1.807) is 6.07 Å². The third kappa shape index (κ3) is 3.33. The van der Waals surface area contributed by atoms with E-state index in [4.69, 9.17) is 0 Å². The summed E-state index contributed by atoms with van der Waals surface area (Å²) in [7, 11) is 0. The molecule has 0 bridgehead atoms. The van der Waals surface area contributed by atoms with Gasteiger partial charge in [0.25, 0.3) is 0 Å². The smallest absolute Gasteiger partial charge is 0.168 e. The largest absolute Gasteiger partial charge is 0.356 e. The highest BCUT2D eigenvalue weighted by atomic mass is 16.1. The molecule has 1 aliphatic heterocycles. The van der Waals surface area contributed by atoms with E-state index >= 15 is 0 Å². The number of benzene rings is 1. The zero-order valence-electron chi connectivity index (χ0n) is 14.7. The highest BCUT2D eigenvalue weighted by molar-refractivity contribution is 5.84. The van der Waals surface area contributed by atoms with Gasteiger partial charge in [-0.3, -0.25) is 4.79 Å². The average molecular weight is 344 g/mol. The minimum absolute atomic E-state index is 0.407. The minimum atomic E-state index is 0.407. The second-order valence-electron chi connectivity index (χ2n) is 6.54. The summed E-state index contributed by atoms with van der Waals surface area (Å²) in [6.07, 6.45) is 6.81. The van der Waals surface area contributed by atoms with Gasteiger partial charge in [0.15, 0.2) is 12.1 Å². The van der Waals surface area contributed by atoms with Crippen LogP contribution in [0.5, 0.6) is 0 Å². The van der Waals surface area contributed by atoms with E-state index in [2.05, 4.69) is 32.8 Å². The number of carbonyl (C=O) groups excluding carboxylic acids is 1. The Morgan fingerprint density at radius 3 is 2.58 bits per heavy atom. The van der Waals surface area contributed by atoms with Crippen LogP contribution in [0.3, 0.4) is 0 Å². The second-order valence-corrected chi connectivity index (χ2v) is 6.54. The second kappa shape index (κ2) is 7.04. The molecule has 130 valence electrons. The first-order chi connectivity index (χ1) is 12.7. The molecule has 5 heteroatoms. The van der Waals surface area contributed by atoms with Crippen molar-refractivity contribution in [3.63, 3.8) is 0 Å². The number of nitrogens with zero attached hydrogens (tertiary/aromatic N) is 4. The molecule has 26 heavy (non-hydrogen) atoms. The van der Waals surface area contributed by atoms with Gasteiger partial charge in [0.2, 0.25) is 0 Å². The maximum absolute atomic E-state index is 11.2. The Balaban J connectivity index is 1.68. The minimum Gasteiger partial charge on any atom is -0.356 e. The molecule has 0 spiro atoms. The van der Waals surface area contributed by atoms with Crippen molar-refractivity contribution in [3.8, 4) is 0 Å². The number of fused-ring (bicyclic) bond motifs is 1. The molecule has 0 saturated carbocycles. The van der Waals surface area contributed by atoms with Crippen LogP contribution in [0.4, 0.5) is 5.82 Å². The van der Waals surface area contributed by atoms with Crippen LogP contribution in [-0.4, -0.2) is 34.3 Å². The van der Waals surface area contributed by atoms with Gasteiger partial charge < -0.3 is 4.90 Å². The van der Waals surface area contributed by atoms with E-state index < -0.39 is 0 Å². The predicted molar refractivity (Wildman–Crippen MR) is 104 cm³/mol. The van der Waals surface area contributed by atoms with Crippen LogP contribution in [0, 0.1) is 6.92 Å². The molecule has 4 rings (SSSR count). The fourth-order valence-corrected chi connectivity index (χ4v) is 3.34. The van der Waals surface area contributed by atoms with Crippen molar-refractivity contribution >= 4 is 35.2 Å². The molecule has 1 fully saturated rings. The maximum atomic E-state index is 11.2. The standard InChI is InChI=1S/C21H20N4O/c1-15-12-16(22-19-7-3-2-6-18(15)19)8-9-20-23-17(14-26)13-21(24-20)25-10-4-5-11-25/h2-3,6-9,12-14H,4-5,10-11H2,1H3/b9-8+. The average Bonchev–Trinajstić information content (AvgIpc) is 3.21. The van der Waals surface area contributed by atoms with Gasteiger partial charge in [-0.25, -0.2) is 15.0 Å². The maximum Gasteiger partial charge on any atom is 0.168 e. The lowest BCUT2D eigenvalue weighted by molar-refractivity contribution is 0.111. The number of para-hydroxylation sites is 1. The van der Waals surface area contributed by atoms with Crippen LogP contribution in [-0.2, 0) is 0 Å². The number of aldehydes is 1. The fourth-order valence-electron chi connectivity index (χ4n) is 3.34. The van der Waals surface area contributed by atoms with Crippen LogP contribution < -0.4 is 4.90 Å². The first-order valence-electron chi connectivity index (χ1n) is 8.86. The number of carbonyl (C=O) groups is 1. The lowest BCUT2D eigenvalue weighted by atomic mass is 10.1. The van der Waals surface area contributed by atoms with E-state index in [0.29, 0.717) is 11.5 Å². The lowest BCUT2D eigenvalue weighted by Gasteiger charge is -2.16. The molecule has 5 nitrogen and oxygen atoms in total. The summed E-state index contributed by atoms with van der Waals surface area (Å²) in [4.78, 5) is 27.0. The number of anilines is 1. The Labute approximate surface area is 152 Å². The Kier molecular flexibility index (Phi) is 4.44. The lowest BCUT2D eigenvalue weighted by Crippen LogP contribution is -2.20. The van der Waals surface area contributed by atoms with Gasteiger partial charge >= 0.3 is 0 Å². The third-order valence-corrected chi connectivity index (χ3v) is 4.65. The normalized spacial score (nSPS) is 14.4. The monoisotopic (exact) mass is 344 g/mol. The molecule has 1 saturated heterocycles. The van der Waals surface area contributed by atoms with Crippen molar-refractivity contribution < 1.29 is 4.79 Å². The summed E-state index contributed by atoms with van der Waals surface area (Å²) in [5.41, 5.74) is 3.40. The summed E-state index contributed by atoms with van der Waals surface area (Å²) in [6, 6.07) is 11.9. The molecule has 0 unspecified atom stereocenters. The highest BCUT2D eigenvalue weighted by Crippen LogP contribution is 2.20. The zero-order valence-corrected chi connectivity index (χ0v) is 14.7. The van der Waals surface area contributed by atoms with E-state index in [9.17, 15) is 4.79 Å². The van der Waals surface area contributed by atoms with Crippen molar-refractivity contribution in [2.45, 2.75) is 19.8 Å². The molecule has 3 heterocycles. The number of pyridine rings is 1. The number of hydrogen-bond acceptors (Lipinski definition) is 5. The van der Waals surface area contributed by atoms with Crippen LogP contribution in [0.15, 0.2) is 36.4 Å². The van der Waals surface area contributed by atoms with Gasteiger partial charge in [-0.15, -0.1) is 0 Å². The summed E-state index contributed by atoms with van der Waals surface area (Å²) in [6.45, 7) is 4.03. The SMILES string of the molecule is Cc1cc(/C=C/c2nc(C=O)cc(N3CCCC3)n2)nc2ccccc12. The number of hydrogen-bond donors (Lipinski definition) is 0. The predicted octanol–water partition coefficient (Wildman–Crippen LogP) is 3.92. The summed E-state index contributed by atoms with van der Waals surface area (Å²) in [5.74, 6) is 1.35. The van der Waals surface area contributed by atoms with Gasteiger partial charge in [-0.1, -0.05) is 18.2 Å².